The number of rotatable bonds is 5. The van der Waals surface area contributed by atoms with E-state index in [9.17, 15) is 0 Å². The Hall–Kier alpha value is -2.91. The molecule has 0 amide bonds. The first kappa shape index (κ1) is 19.1. The molecule has 152 valence electrons. The zero-order valence-electron chi connectivity index (χ0n) is 17.6. The molecule has 0 saturated carbocycles. The molecule has 30 heavy (non-hydrogen) atoms. The molecule has 4 aromatic rings. The third-order valence-electron chi connectivity index (χ3n) is 6.74. The predicted molar refractivity (Wildman–Crippen MR) is 123 cm³/mol. The smallest absolute Gasteiger partial charge is 0.158 e. The van der Waals surface area contributed by atoms with Crippen molar-refractivity contribution >= 4 is 10.9 Å². The Kier molecular flexibility index (Phi) is 5.37. The van der Waals surface area contributed by atoms with Gasteiger partial charge in [-0.15, -0.1) is 0 Å². The minimum atomic E-state index is 0.278. The van der Waals surface area contributed by atoms with E-state index in [-0.39, 0.29) is 6.04 Å². The number of pyridine rings is 1. The number of aromatic amines is 1. The Morgan fingerprint density at radius 1 is 0.933 bits per heavy atom. The normalized spacial score (nSPS) is 20.3. The van der Waals surface area contributed by atoms with Crippen LogP contribution < -0.4 is 4.90 Å². The predicted octanol–water partition coefficient (Wildman–Crippen LogP) is 4.50. The monoisotopic (exact) mass is 396 g/mol. The van der Waals surface area contributed by atoms with Gasteiger partial charge in [-0.1, -0.05) is 54.6 Å². The SMILES string of the molecule is Cc1[nH]c2ccccc2c1[C@H](c1ccccn1)[NH+]1CCC(Cc2ccccc2)CC1. The summed E-state index contributed by atoms with van der Waals surface area (Å²) in [6.07, 6.45) is 5.69. The molecule has 3 nitrogen and oxygen atoms in total. The van der Waals surface area contributed by atoms with Gasteiger partial charge in [0.05, 0.1) is 13.1 Å². The lowest BCUT2D eigenvalue weighted by Crippen LogP contribution is -3.13. The van der Waals surface area contributed by atoms with Crippen LogP contribution in [0.25, 0.3) is 10.9 Å². The number of H-pyrrole nitrogens is 1. The second kappa shape index (κ2) is 8.45. The molecular weight excluding hydrogens is 366 g/mol. The van der Waals surface area contributed by atoms with Gasteiger partial charge in [-0.25, -0.2) is 0 Å². The number of quaternary nitrogens is 1. The quantitative estimate of drug-likeness (QED) is 0.512. The Labute approximate surface area is 178 Å². The van der Waals surface area contributed by atoms with Gasteiger partial charge in [-0.3, -0.25) is 4.98 Å². The van der Waals surface area contributed by atoms with Crippen LogP contribution in [0.1, 0.15) is 41.4 Å². The van der Waals surface area contributed by atoms with Crippen LogP contribution >= 0.6 is 0 Å². The maximum absolute atomic E-state index is 4.81. The molecule has 1 fully saturated rings. The number of piperidine rings is 1. The van der Waals surface area contributed by atoms with Crippen molar-refractivity contribution in [1.29, 1.82) is 0 Å². The fourth-order valence-corrected chi connectivity index (χ4v) is 5.27. The minimum absolute atomic E-state index is 0.278. The number of hydrogen-bond acceptors (Lipinski definition) is 1. The van der Waals surface area contributed by atoms with E-state index in [1.165, 1.54) is 65.8 Å². The van der Waals surface area contributed by atoms with Crippen molar-refractivity contribution in [1.82, 2.24) is 9.97 Å². The van der Waals surface area contributed by atoms with Crippen LogP contribution in [-0.2, 0) is 6.42 Å². The van der Waals surface area contributed by atoms with Gasteiger partial charge in [0.1, 0.15) is 5.69 Å². The number of hydrogen-bond donors (Lipinski definition) is 2. The van der Waals surface area contributed by atoms with Crippen molar-refractivity contribution in [2.45, 2.75) is 32.2 Å². The van der Waals surface area contributed by atoms with Gasteiger partial charge in [-0.05, 0) is 55.9 Å². The number of aromatic nitrogens is 2. The van der Waals surface area contributed by atoms with Gasteiger partial charge < -0.3 is 9.88 Å². The summed E-state index contributed by atoms with van der Waals surface area (Å²) in [7, 11) is 0. The first-order valence-electron chi connectivity index (χ1n) is 11.2. The Morgan fingerprint density at radius 2 is 1.67 bits per heavy atom. The highest BCUT2D eigenvalue weighted by atomic mass is 15.2. The lowest BCUT2D eigenvalue weighted by Gasteiger charge is -2.35. The molecule has 0 radical (unpaired) electrons. The molecular formula is C27H30N3+. The van der Waals surface area contributed by atoms with Gasteiger partial charge >= 0.3 is 0 Å². The van der Waals surface area contributed by atoms with Gasteiger partial charge in [0.2, 0.25) is 0 Å². The number of likely N-dealkylation sites (tertiary alicyclic amines) is 1. The van der Waals surface area contributed by atoms with Crippen molar-refractivity contribution < 1.29 is 4.90 Å². The van der Waals surface area contributed by atoms with Crippen LogP contribution in [0, 0.1) is 12.8 Å². The molecule has 3 heteroatoms. The Morgan fingerprint density at radius 3 is 2.43 bits per heavy atom. The van der Waals surface area contributed by atoms with Gasteiger partial charge in [0.25, 0.3) is 0 Å². The number of nitrogens with zero attached hydrogens (tertiary/aromatic N) is 1. The molecule has 0 spiro atoms. The highest BCUT2D eigenvalue weighted by Gasteiger charge is 2.34. The van der Waals surface area contributed by atoms with E-state index in [2.05, 4.69) is 78.6 Å². The van der Waals surface area contributed by atoms with Gasteiger partial charge in [0, 0.05) is 28.4 Å². The van der Waals surface area contributed by atoms with Crippen LogP contribution in [-0.4, -0.2) is 23.1 Å². The summed E-state index contributed by atoms with van der Waals surface area (Å²) in [6.45, 7) is 4.60. The van der Waals surface area contributed by atoms with Gasteiger partial charge in [0.15, 0.2) is 6.04 Å². The van der Waals surface area contributed by atoms with Crippen LogP contribution in [0.5, 0.6) is 0 Å². The number of fused-ring (bicyclic) bond motifs is 1. The molecule has 1 saturated heterocycles. The van der Waals surface area contributed by atoms with E-state index in [1.54, 1.807) is 4.90 Å². The maximum Gasteiger partial charge on any atom is 0.158 e. The number of para-hydroxylation sites is 1. The first-order chi connectivity index (χ1) is 14.8. The van der Waals surface area contributed by atoms with Crippen molar-refractivity contribution in [3.05, 3.63) is 102 Å². The maximum atomic E-state index is 4.81. The topological polar surface area (TPSA) is 33.1 Å². The Bertz CT molecular complexity index is 1090. The van der Waals surface area contributed by atoms with Gasteiger partial charge in [-0.2, -0.15) is 0 Å². The number of aryl methyl sites for hydroxylation is 1. The molecule has 0 bridgehead atoms. The van der Waals surface area contributed by atoms with Crippen LogP contribution in [0.4, 0.5) is 0 Å². The van der Waals surface area contributed by atoms with Crippen LogP contribution in [0.2, 0.25) is 0 Å². The molecule has 0 aliphatic carbocycles. The summed E-state index contributed by atoms with van der Waals surface area (Å²) >= 11 is 0. The van der Waals surface area contributed by atoms with Crippen molar-refractivity contribution in [3.8, 4) is 0 Å². The lowest BCUT2D eigenvalue weighted by atomic mass is 9.88. The molecule has 5 rings (SSSR count). The first-order valence-corrected chi connectivity index (χ1v) is 11.2. The van der Waals surface area contributed by atoms with Crippen LogP contribution in [0.3, 0.4) is 0 Å². The van der Waals surface area contributed by atoms with E-state index in [0.717, 1.165) is 5.92 Å². The number of benzene rings is 2. The van der Waals surface area contributed by atoms with Crippen molar-refractivity contribution in [2.24, 2.45) is 5.92 Å². The summed E-state index contributed by atoms with van der Waals surface area (Å²) in [5.41, 5.74) is 6.57. The fourth-order valence-electron chi connectivity index (χ4n) is 5.27. The summed E-state index contributed by atoms with van der Waals surface area (Å²) in [4.78, 5) is 10.1. The van der Waals surface area contributed by atoms with Crippen LogP contribution in [0.15, 0.2) is 79.0 Å². The molecule has 2 aromatic heterocycles. The summed E-state index contributed by atoms with van der Waals surface area (Å²) in [6, 6.07) is 26.3. The summed E-state index contributed by atoms with van der Waals surface area (Å²) in [5, 5.41) is 1.34. The number of nitrogens with one attached hydrogen (secondary N) is 2. The molecule has 2 N–H and O–H groups in total. The van der Waals surface area contributed by atoms with Crippen molar-refractivity contribution in [2.75, 3.05) is 13.1 Å². The molecule has 1 aliphatic heterocycles. The van der Waals surface area contributed by atoms with E-state index in [4.69, 9.17) is 4.98 Å². The second-order valence-corrected chi connectivity index (χ2v) is 8.69. The highest BCUT2D eigenvalue weighted by Crippen LogP contribution is 2.30. The molecule has 2 aromatic carbocycles. The molecule has 1 aliphatic rings. The highest BCUT2D eigenvalue weighted by molar-refractivity contribution is 5.85. The zero-order valence-corrected chi connectivity index (χ0v) is 17.6. The summed E-state index contributed by atoms with van der Waals surface area (Å²) < 4.78 is 0. The standard InChI is InChI=1S/C27H29N3/c1-20-26(23-11-5-6-12-24(23)29-20)27(25-13-7-8-16-28-25)30-17-14-22(15-18-30)19-21-9-3-2-4-10-21/h2-13,16,22,27,29H,14-15,17-19H2,1H3/p+1/t27-/m0/s1. The summed E-state index contributed by atoms with van der Waals surface area (Å²) in [5.74, 6) is 0.782. The average molecular weight is 397 g/mol. The lowest BCUT2D eigenvalue weighted by molar-refractivity contribution is -0.931. The van der Waals surface area contributed by atoms with Crippen molar-refractivity contribution in [3.63, 3.8) is 0 Å². The average Bonchev–Trinajstić information content (AvgIpc) is 3.12. The molecule has 1 atom stereocenters. The third-order valence-corrected chi connectivity index (χ3v) is 6.74. The molecule has 3 heterocycles. The zero-order chi connectivity index (χ0) is 20.3. The fraction of sp³-hybridized carbons (Fsp3) is 0.296. The largest absolute Gasteiger partial charge is 0.358 e. The van der Waals surface area contributed by atoms with E-state index in [0.29, 0.717) is 0 Å². The Balaban J connectivity index is 1.43. The minimum Gasteiger partial charge on any atom is -0.358 e. The second-order valence-electron chi connectivity index (χ2n) is 8.69. The third kappa shape index (κ3) is 3.78. The molecule has 0 unspecified atom stereocenters. The van der Waals surface area contributed by atoms with E-state index in [1.807, 2.05) is 12.3 Å². The van der Waals surface area contributed by atoms with E-state index >= 15 is 0 Å². The van der Waals surface area contributed by atoms with E-state index < -0.39 is 0 Å².